The van der Waals surface area contributed by atoms with Crippen molar-refractivity contribution in [2.45, 2.75) is 58.4 Å². The molecular weight excluding hydrogens is 406 g/mol. The number of nitrogens with one attached hydrogen (secondary N) is 1. The van der Waals surface area contributed by atoms with Gasteiger partial charge in [0.1, 0.15) is 5.66 Å². The number of nitrogens with zero attached hydrogens (tertiary/aromatic N) is 2. The van der Waals surface area contributed by atoms with E-state index in [0.29, 0.717) is 36.4 Å². The van der Waals surface area contributed by atoms with Crippen molar-refractivity contribution in [2.24, 2.45) is 0 Å². The molecule has 3 amide bonds. The Bertz CT molecular complexity index is 1050. The molecule has 4 rings (SSSR count). The van der Waals surface area contributed by atoms with Crippen molar-refractivity contribution in [1.82, 2.24) is 4.90 Å². The number of hydrogen-bond acceptors (Lipinski definition) is 4. The van der Waals surface area contributed by atoms with E-state index in [1.807, 2.05) is 57.2 Å². The monoisotopic (exact) mass is 435 g/mol. The van der Waals surface area contributed by atoms with Gasteiger partial charge in [0.15, 0.2) is 0 Å². The number of amides is 3. The summed E-state index contributed by atoms with van der Waals surface area (Å²) in [7, 11) is 0. The van der Waals surface area contributed by atoms with Crippen LogP contribution in [0.3, 0.4) is 0 Å². The van der Waals surface area contributed by atoms with E-state index in [4.69, 9.17) is 4.74 Å². The minimum Gasteiger partial charge on any atom is -0.374 e. The van der Waals surface area contributed by atoms with Crippen LogP contribution < -0.4 is 10.2 Å². The fourth-order valence-corrected chi connectivity index (χ4v) is 4.48. The first-order valence-corrected chi connectivity index (χ1v) is 11.0. The van der Waals surface area contributed by atoms with Crippen molar-refractivity contribution < 1.29 is 19.1 Å². The van der Waals surface area contributed by atoms with E-state index < -0.39 is 5.66 Å². The molecule has 32 heavy (non-hydrogen) atoms. The average Bonchev–Trinajstić information content (AvgIpc) is 3.07. The highest BCUT2D eigenvalue weighted by molar-refractivity contribution is 6.10. The zero-order chi connectivity index (χ0) is 22.9. The molecule has 2 aromatic rings. The Labute approximate surface area is 188 Å². The molecule has 1 saturated heterocycles. The standard InChI is InChI=1S/C25H29N3O4/c1-17(2)32-16-18-7-6-8-19(15-18)26-22(29)12-14-27-24(31)20-9-4-5-10-21(20)28-23(30)11-13-25(27,28)3/h4-10,15,17H,11-14,16H2,1-3H3,(H,26,29). The highest BCUT2D eigenvalue weighted by atomic mass is 16.5. The van der Waals surface area contributed by atoms with Gasteiger partial charge in [-0.1, -0.05) is 24.3 Å². The number of rotatable bonds is 7. The third-order valence-electron chi connectivity index (χ3n) is 6.10. The number of para-hydroxylation sites is 1. The second kappa shape index (κ2) is 8.74. The Hall–Kier alpha value is -3.19. The smallest absolute Gasteiger partial charge is 0.257 e. The quantitative estimate of drug-likeness (QED) is 0.715. The van der Waals surface area contributed by atoms with Gasteiger partial charge >= 0.3 is 0 Å². The number of ether oxygens (including phenoxy) is 1. The summed E-state index contributed by atoms with van der Waals surface area (Å²) in [6.45, 7) is 6.57. The highest BCUT2D eigenvalue weighted by Gasteiger charge is 2.52. The SMILES string of the molecule is CC(C)OCc1cccc(NC(=O)CCN2C(=O)c3ccccc3N3C(=O)CCC23C)c1. The van der Waals surface area contributed by atoms with Crippen molar-refractivity contribution in [1.29, 1.82) is 0 Å². The Morgan fingerprint density at radius 1 is 1.16 bits per heavy atom. The van der Waals surface area contributed by atoms with Crippen LogP contribution in [0.15, 0.2) is 48.5 Å². The van der Waals surface area contributed by atoms with Crippen LogP contribution in [0, 0.1) is 0 Å². The van der Waals surface area contributed by atoms with Crippen LogP contribution in [0.1, 0.15) is 56.0 Å². The van der Waals surface area contributed by atoms with E-state index in [9.17, 15) is 14.4 Å². The molecule has 0 bridgehead atoms. The predicted octanol–water partition coefficient (Wildman–Crippen LogP) is 3.94. The van der Waals surface area contributed by atoms with Crippen molar-refractivity contribution >= 4 is 29.1 Å². The first-order chi connectivity index (χ1) is 15.3. The van der Waals surface area contributed by atoms with Crippen molar-refractivity contribution in [2.75, 3.05) is 16.8 Å². The van der Waals surface area contributed by atoms with Gasteiger partial charge in [0.2, 0.25) is 11.8 Å². The van der Waals surface area contributed by atoms with E-state index in [2.05, 4.69) is 5.32 Å². The van der Waals surface area contributed by atoms with Gasteiger partial charge in [-0.2, -0.15) is 0 Å². The molecule has 2 heterocycles. The topological polar surface area (TPSA) is 79.0 Å². The second-order valence-electron chi connectivity index (χ2n) is 8.78. The van der Waals surface area contributed by atoms with E-state index in [-0.39, 0.29) is 36.8 Å². The molecule has 168 valence electrons. The van der Waals surface area contributed by atoms with Crippen LogP contribution in [0.25, 0.3) is 0 Å². The molecule has 2 aliphatic heterocycles. The van der Waals surface area contributed by atoms with Gasteiger partial charge < -0.3 is 15.0 Å². The fraction of sp³-hybridized carbons (Fsp3) is 0.400. The third kappa shape index (κ3) is 4.12. The highest BCUT2D eigenvalue weighted by Crippen LogP contribution is 2.43. The summed E-state index contributed by atoms with van der Waals surface area (Å²) >= 11 is 0. The molecule has 1 unspecified atom stereocenters. The Kier molecular flexibility index (Phi) is 6.02. The zero-order valence-electron chi connectivity index (χ0n) is 18.8. The number of carbonyl (C=O) groups is 3. The summed E-state index contributed by atoms with van der Waals surface area (Å²) in [6, 6.07) is 14.7. The molecule has 0 radical (unpaired) electrons. The van der Waals surface area contributed by atoms with Gasteiger partial charge in [0.05, 0.1) is 24.0 Å². The van der Waals surface area contributed by atoms with Gasteiger partial charge in [0.25, 0.3) is 5.91 Å². The van der Waals surface area contributed by atoms with E-state index >= 15 is 0 Å². The number of benzene rings is 2. The van der Waals surface area contributed by atoms with Gasteiger partial charge in [-0.15, -0.1) is 0 Å². The molecule has 0 aromatic heterocycles. The van der Waals surface area contributed by atoms with Gasteiger partial charge in [-0.05, 0) is 57.0 Å². The maximum Gasteiger partial charge on any atom is 0.257 e. The Morgan fingerprint density at radius 2 is 1.94 bits per heavy atom. The molecular formula is C25H29N3O4. The van der Waals surface area contributed by atoms with Gasteiger partial charge in [-0.25, -0.2) is 0 Å². The van der Waals surface area contributed by atoms with Crippen LogP contribution in [0.2, 0.25) is 0 Å². The normalized spacial score (nSPS) is 19.9. The van der Waals surface area contributed by atoms with Gasteiger partial charge in [-0.3, -0.25) is 19.3 Å². The average molecular weight is 436 g/mol. The first-order valence-electron chi connectivity index (χ1n) is 11.0. The molecule has 7 heteroatoms. The number of hydrogen-bond donors (Lipinski definition) is 1. The maximum atomic E-state index is 13.3. The fourth-order valence-electron chi connectivity index (χ4n) is 4.48. The van der Waals surface area contributed by atoms with Crippen LogP contribution in [-0.4, -0.2) is 40.9 Å². The lowest BCUT2D eigenvalue weighted by molar-refractivity contribution is -0.117. The second-order valence-corrected chi connectivity index (χ2v) is 8.78. The molecule has 7 nitrogen and oxygen atoms in total. The lowest BCUT2D eigenvalue weighted by Gasteiger charge is -2.48. The molecule has 1 N–H and O–H groups in total. The van der Waals surface area contributed by atoms with Crippen molar-refractivity contribution in [3.8, 4) is 0 Å². The van der Waals surface area contributed by atoms with Crippen molar-refractivity contribution in [3.05, 3.63) is 59.7 Å². The minimum atomic E-state index is -0.753. The van der Waals surface area contributed by atoms with Crippen LogP contribution in [0.4, 0.5) is 11.4 Å². The molecule has 0 spiro atoms. The summed E-state index contributed by atoms with van der Waals surface area (Å²) in [5, 5.41) is 2.91. The van der Waals surface area contributed by atoms with Crippen LogP contribution in [-0.2, 0) is 20.9 Å². The summed E-state index contributed by atoms with van der Waals surface area (Å²) in [5.74, 6) is -0.324. The minimum absolute atomic E-state index is 0.00216. The summed E-state index contributed by atoms with van der Waals surface area (Å²) in [6.07, 6.45) is 1.19. The van der Waals surface area contributed by atoms with Crippen LogP contribution >= 0.6 is 0 Å². The largest absolute Gasteiger partial charge is 0.374 e. The molecule has 0 aliphatic carbocycles. The summed E-state index contributed by atoms with van der Waals surface area (Å²) in [5.41, 5.74) is 2.07. The lowest BCUT2D eigenvalue weighted by atomic mass is 9.98. The summed E-state index contributed by atoms with van der Waals surface area (Å²) in [4.78, 5) is 42.0. The van der Waals surface area contributed by atoms with E-state index in [1.165, 1.54) is 0 Å². The van der Waals surface area contributed by atoms with E-state index in [0.717, 1.165) is 5.56 Å². The molecule has 0 saturated carbocycles. The molecule has 2 aromatic carbocycles. The van der Waals surface area contributed by atoms with Crippen LogP contribution in [0.5, 0.6) is 0 Å². The van der Waals surface area contributed by atoms with Crippen molar-refractivity contribution in [3.63, 3.8) is 0 Å². The zero-order valence-corrected chi connectivity index (χ0v) is 18.8. The lowest BCUT2D eigenvalue weighted by Crippen LogP contribution is -2.62. The molecule has 2 aliphatic rings. The number of carbonyl (C=O) groups excluding carboxylic acids is 3. The summed E-state index contributed by atoms with van der Waals surface area (Å²) < 4.78 is 5.63. The third-order valence-corrected chi connectivity index (χ3v) is 6.10. The number of fused-ring (bicyclic) bond motifs is 3. The maximum absolute atomic E-state index is 13.3. The Morgan fingerprint density at radius 3 is 2.72 bits per heavy atom. The number of anilines is 2. The Balaban J connectivity index is 1.45. The van der Waals surface area contributed by atoms with E-state index in [1.54, 1.807) is 21.9 Å². The predicted molar refractivity (Wildman–Crippen MR) is 122 cm³/mol. The molecule has 1 atom stereocenters. The first kappa shape index (κ1) is 22.0. The molecule has 1 fully saturated rings. The van der Waals surface area contributed by atoms with Gasteiger partial charge in [0, 0.05) is 25.1 Å².